The SMILES string of the molecule is C=C(NC1CC(C(O)N(C)CCCF)C(C)=CC1C)c1ccc(N(C)CCOC)nc1. The highest BCUT2D eigenvalue weighted by Gasteiger charge is 2.33. The van der Waals surface area contributed by atoms with E-state index in [9.17, 15) is 9.50 Å². The molecule has 0 radical (unpaired) electrons. The Kier molecular flexibility index (Phi) is 9.93. The number of rotatable bonds is 12. The van der Waals surface area contributed by atoms with Crippen LogP contribution in [0.25, 0.3) is 5.70 Å². The number of alkyl halides is 1. The van der Waals surface area contributed by atoms with Gasteiger partial charge in [-0.25, -0.2) is 4.98 Å². The lowest BCUT2D eigenvalue weighted by Gasteiger charge is -2.39. The van der Waals surface area contributed by atoms with Gasteiger partial charge >= 0.3 is 0 Å². The summed E-state index contributed by atoms with van der Waals surface area (Å²) < 4.78 is 17.6. The Labute approximate surface area is 186 Å². The lowest BCUT2D eigenvalue weighted by atomic mass is 9.78. The summed E-state index contributed by atoms with van der Waals surface area (Å²) in [6, 6.07) is 4.15. The highest BCUT2D eigenvalue weighted by Crippen LogP contribution is 2.33. The largest absolute Gasteiger partial charge is 0.383 e. The second kappa shape index (κ2) is 12.2. The molecule has 7 heteroatoms. The summed E-state index contributed by atoms with van der Waals surface area (Å²) in [6.07, 6.45) is 4.64. The van der Waals surface area contributed by atoms with Crippen LogP contribution in [0.2, 0.25) is 0 Å². The lowest BCUT2D eigenvalue weighted by Crippen LogP contribution is -2.46. The number of likely N-dealkylation sites (N-methyl/N-ethyl adjacent to an activating group) is 1. The van der Waals surface area contributed by atoms with Crippen LogP contribution in [0.5, 0.6) is 0 Å². The van der Waals surface area contributed by atoms with E-state index in [4.69, 9.17) is 4.74 Å². The fraction of sp³-hybridized carbons (Fsp3) is 0.625. The van der Waals surface area contributed by atoms with Crippen molar-refractivity contribution >= 4 is 11.5 Å². The maximum absolute atomic E-state index is 12.5. The van der Waals surface area contributed by atoms with Gasteiger partial charge in [-0.3, -0.25) is 9.29 Å². The van der Waals surface area contributed by atoms with Gasteiger partial charge in [-0.1, -0.05) is 25.2 Å². The Hall–Kier alpha value is -1.96. The molecule has 1 aliphatic rings. The average molecular weight is 435 g/mol. The fourth-order valence-corrected chi connectivity index (χ4v) is 4.06. The number of halogens is 1. The van der Waals surface area contributed by atoms with Crippen LogP contribution in [0, 0.1) is 11.8 Å². The molecule has 0 aliphatic heterocycles. The number of pyridine rings is 1. The zero-order chi connectivity index (χ0) is 23.0. The Balaban J connectivity index is 2.02. The summed E-state index contributed by atoms with van der Waals surface area (Å²) in [7, 11) is 5.53. The molecule has 1 aliphatic carbocycles. The van der Waals surface area contributed by atoms with E-state index >= 15 is 0 Å². The first-order valence-corrected chi connectivity index (χ1v) is 11.0. The number of hydrogen-bond acceptors (Lipinski definition) is 6. The summed E-state index contributed by atoms with van der Waals surface area (Å²) in [6.45, 7) is 10.1. The summed E-state index contributed by atoms with van der Waals surface area (Å²) >= 11 is 0. The lowest BCUT2D eigenvalue weighted by molar-refractivity contribution is -0.0225. The number of aliphatic hydroxyl groups is 1. The van der Waals surface area contributed by atoms with E-state index in [2.05, 4.69) is 36.8 Å². The highest BCUT2D eigenvalue weighted by molar-refractivity contribution is 5.62. The van der Waals surface area contributed by atoms with Gasteiger partial charge in [-0.05, 0) is 44.9 Å². The van der Waals surface area contributed by atoms with Crippen molar-refractivity contribution in [3.63, 3.8) is 0 Å². The normalized spacial score (nSPS) is 22.2. The van der Waals surface area contributed by atoms with E-state index in [-0.39, 0.29) is 18.6 Å². The predicted octanol–water partition coefficient (Wildman–Crippen LogP) is 3.31. The molecular weight excluding hydrogens is 395 g/mol. The van der Waals surface area contributed by atoms with Crippen molar-refractivity contribution in [1.29, 1.82) is 0 Å². The van der Waals surface area contributed by atoms with Crippen molar-refractivity contribution in [3.05, 3.63) is 42.1 Å². The molecule has 0 spiro atoms. The standard InChI is InChI=1S/C24H39FN4O2/c1-17-14-18(2)22(15-21(17)24(30)29(5)11-7-10-25)27-19(3)20-8-9-23(26-16-20)28(4)12-13-31-6/h8-9,14,16,18,21-22,24,27,30H,3,7,10-13,15H2,1-2,4-6H3. The number of nitrogens with one attached hydrogen (secondary N) is 1. The van der Waals surface area contributed by atoms with Crippen LogP contribution in [0.3, 0.4) is 0 Å². The molecular formula is C24H39FN4O2. The Morgan fingerprint density at radius 2 is 2.13 bits per heavy atom. The minimum absolute atomic E-state index is 0.000969. The Morgan fingerprint density at radius 1 is 1.39 bits per heavy atom. The van der Waals surface area contributed by atoms with Crippen molar-refractivity contribution in [2.24, 2.45) is 11.8 Å². The zero-order valence-corrected chi connectivity index (χ0v) is 19.6. The van der Waals surface area contributed by atoms with Gasteiger partial charge in [0, 0.05) is 56.7 Å². The number of hydrogen-bond donors (Lipinski definition) is 2. The fourth-order valence-electron chi connectivity index (χ4n) is 4.06. The Bertz CT molecular complexity index is 725. The van der Waals surface area contributed by atoms with E-state index in [1.807, 2.05) is 42.2 Å². The van der Waals surface area contributed by atoms with Crippen molar-refractivity contribution < 1.29 is 14.2 Å². The summed E-state index contributed by atoms with van der Waals surface area (Å²) in [5, 5.41) is 14.4. The molecule has 0 fully saturated rings. The van der Waals surface area contributed by atoms with Crippen LogP contribution in [0.4, 0.5) is 10.2 Å². The van der Waals surface area contributed by atoms with Gasteiger partial charge in [0.25, 0.3) is 0 Å². The Morgan fingerprint density at radius 3 is 2.74 bits per heavy atom. The molecule has 4 unspecified atom stereocenters. The third kappa shape index (κ3) is 7.02. The average Bonchev–Trinajstić information content (AvgIpc) is 2.77. The van der Waals surface area contributed by atoms with Crippen LogP contribution in [0.1, 0.15) is 32.3 Å². The molecule has 0 bridgehead atoms. The van der Waals surface area contributed by atoms with Crippen molar-refractivity contribution in [3.8, 4) is 0 Å². The molecule has 0 saturated carbocycles. The molecule has 1 aromatic heterocycles. The number of nitrogens with zero attached hydrogens (tertiary/aromatic N) is 3. The monoisotopic (exact) mass is 434 g/mol. The molecule has 4 atom stereocenters. The zero-order valence-electron chi connectivity index (χ0n) is 19.6. The van der Waals surface area contributed by atoms with Gasteiger partial charge in [0.1, 0.15) is 12.0 Å². The maximum Gasteiger partial charge on any atom is 0.128 e. The molecule has 0 saturated heterocycles. The van der Waals surface area contributed by atoms with Gasteiger partial charge in [-0.15, -0.1) is 0 Å². The van der Waals surface area contributed by atoms with Gasteiger partial charge in [0.15, 0.2) is 0 Å². The second-order valence-electron chi connectivity index (χ2n) is 8.60. The molecule has 2 rings (SSSR count). The van der Waals surface area contributed by atoms with Gasteiger partial charge in [0.05, 0.1) is 13.3 Å². The smallest absolute Gasteiger partial charge is 0.128 e. The first-order valence-electron chi connectivity index (χ1n) is 11.0. The van der Waals surface area contributed by atoms with Gasteiger partial charge in [0.2, 0.25) is 0 Å². The van der Waals surface area contributed by atoms with Crippen molar-refractivity contribution in [2.45, 2.75) is 39.0 Å². The van der Waals surface area contributed by atoms with Gasteiger partial charge in [-0.2, -0.15) is 0 Å². The van der Waals surface area contributed by atoms with Crippen LogP contribution in [0.15, 0.2) is 36.6 Å². The molecule has 0 amide bonds. The molecule has 1 heterocycles. The predicted molar refractivity (Wildman–Crippen MR) is 126 cm³/mol. The molecule has 174 valence electrons. The third-order valence-electron chi connectivity index (χ3n) is 6.19. The number of anilines is 1. The second-order valence-corrected chi connectivity index (χ2v) is 8.60. The van der Waals surface area contributed by atoms with Crippen molar-refractivity contribution in [2.75, 3.05) is 52.5 Å². The molecule has 0 aromatic carbocycles. The van der Waals surface area contributed by atoms with E-state index < -0.39 is 6.23 Å². The molecule has 31 heavy (non-hydrogen) atoms. The third-order valence-corrected chi connectivity index (χ3v) is 6.19. The van der Waals surface area contributed by atoms with Crippen LogP contribution < -0.4 is 10.2 Å². The van der Waals surface area contributed by atoms with E-state index in [0.717, 1.165) is 30.0 Å². The molecule has 1 aromatic rings. The van der Waals surface area contributed by atoms with E-state index in [1.54, 1.807) is 7.11 Å². The minimum atomic E-state index is -0.628. The number of methoxy groups -OCH3 is 1. The number of aromatic nitrogens is 1. The summed E-state index contributed by atoms with van der Waals surface area (Å²) in [5.41, 5.74) is 2.95. The first kappa shape index (κ1) is 25.3. The number of ether oxygens (including phenoxy) is 1. The summed E-state index contributed by atoms with van der Waals surface area (Å²) in [4.78, 5) is 8.44. The highest BCUT2D eigenvalue weighted by atomic mass is 19.1. The molecule has 6 nitrogen and oxygen atoms in total. The molecule has 2 N–H and O–H groups in total. The first-order chi connectivity index (χ1) is 14.8. The van der Waals surface area contributed by atoms with Crippen LogP contribution in [-0.4, -0.2) is 74.8 Å². The quantitative estimate of drug-likeness (QED) is 0.389. The van der Waals surface area contributed by atoms with Crippen molar-refractivity contribution in [1.82, 2.24) is 15.2 Å². The summed E-state index contributed by atoms with van der Waals surface area (Å²) in [5.74, 6) is 1.20. The van der Waals surface area contributed by atoms with Crippen LogP contribution >= 0.6 is 0 Å². The number of aliphatic hydroxyl groups excluding tert-OH is 1. The van der Waals surface area contributed by atoms with Gasteiger partial charge < -0.3 is 20.1 Å². The van der Waals surface area contributed by atoms with Crippen LogP contribution in [-0.2, 0) is 4.74 Å². The van der Waals surface area contributed by atoms with E-state index in [0.29, 0.717) is 25.5 Å². The topological polar surface area (TPSA) is 60.9 Å². The minimum Gasteiger partial charge on any atom is -0.383 e. The maximum atomic E-state index is 12.5. The van der Waals surface area contributed by atoms with E-state index in [1.165, 1.54) is 5.57 Å².